The van der Waals surface area contributed by atoms with Crippen LogP contribution in [0.3, 0.4) is 0 Å². The molecule has 0 saturated heterocycles. The lowest BCUT2D eigenvalue weighted by Crippen LogP contribution is -2.37. The van der Waals surface area contributed by atoms with Crippen LogP contribution in [0.25, 0.3) is 11.4 Å². The predicted molar refractivity (Wildman–Crippen MR) is 127 cm³/mol. The quantitative estimate of drug-likeness (QED) is 0.303. The fourth-order valence-corrected chi connectivity index (χ4v) is 4.49. The summed E-state index contributed by atoms with van der Waals surface area (Å²) in [6.07, 6.45) is 3.66. The van der Waals surface area contributed by atoms with Crippen molar-refractivity contribution in [2.75, 3.05) is 0 Å². The molecule has 1 heterocycles. The second-order valence-corrected chi connectivity index (χ2v) is 7.74. The lowest BCUT2D eigenvalue weighted by molar-refractivity contribution is 0.520. The zero-order valence-electron chi connectivity index (χ0n) is 17.8. The van der Waals surface area contributed by atoms with Gasteiger partial charge in [0.2, 0.25) is 0 Å². The SMILES string of the molecule is N#Cc1ccc(-c2nccn2C(c2ccccc2)(c2ccccc2)c2ccccc2)cc1F. The number of imidazole rings is 1. The summed E-state index contributed by atoms with van der Waals surface area (Å²) in [5, 5.41) is 9.16. The Morgan fingerprint density at radius 1 is 0.727 bits per heavy atom. The maximum absolute atomic E-state index is 14.6. The number of hydrogen-bond donors (Lipinski definition) is 0. The third kappa shape index (κ3) is 3.40. The van der Waals surface area contributed by atoms with Crippen molar-refractivity contribution in [2.24, 2.45) is 0 Å². The molecule has 0 N–H and O–H groups in total. The molecular weight excluding hydrogens is 409 g/mol. The topological polar surface area (TPSA) is 41.6 Å². The third-order valence-corrected chi connectivity index (χ3v) is 5.92. The number of halogens is 1. The van der Waals surface area contributed by atoms with Crippen molar-refractivity contribution in [3.05, 3.63) is 150 Å². The predicted octanol–water partition coefficient (Wildman–Crippen LogP) is 6.40. The highest BCUT2D eigenvalue weighted by Crippen LogP contribution is 2.43. The van der Waals surface area contributed by atoms with E-state index >= 15 is 0 Å². The van der Waals surface area contributed by atoms with E-state index in [-0.39, 0.29) is 5.56 Å². The Morgan fingerprint density at radius 2 is 1.24 bits per heavy atom. The van der Waals surface area contributed by atoms with Crippen LogP contribution in [0.15, 0.2) is 122 Å². The van der Waals surface area contributed by atoms with Crippen LogP contribution in [0.4, 0.5) is 4.39 Å². The number of hydrogen-bond acceptors (Lipinski definition) is 2. The van der Waals surface area contributed by atoms with Gasteiger partial charge in [-0.3, -0.25) is 0 Å². The van der Waals surface area contributed by atoms with E-state index in [9.17, 15) is 4.39 Å². The molecule has 0 bridgehead atoms. The van der Waals surface area contributed by atoms with E-state index in [1.54, 1.807) is 12.3 Å². The monoisotopic (exact) mass is 429 g/mol. The fourth-order valence-electron chi connectivity index (χ4n) is 4.49. The van der Waals surface area contributed by atoms with Crippen molar-refractivity contribution in [2.45, 2.75) is 5.54 Å². The van der Waals surface area contributed by atoms with E-state index in [2.05, 4.69) is 45.9 Å². The molecule has 0 saturated carbocycles. The molecule has 0 amide bonds. The van der Waals surface area contributed by atoms with Gasteiger partial charge in [0.25, 0.3) is 0 Å². The molecule has 4 heteroatoms. The molecule has 1 aromatic heterocycles. The second kappa shape index (κ2) is 8.57. The van der Waals surface area contributed by atoms with Gasteiger partial charge in [0, 0.05) is 18.0 Å². The van der Waals surface area contributed by atoms with Crippen molar-refractivity contribution in [3.63, 3.8) is 0 Å². The summed E-state index contributed by atoms with van der Waals surface area (Å²) < 4.78 is 16.7. The second-order valence-electron chi connectivity index (χ2n) is 7.74. The van der Waals surface area contributed by atoms with Crippen LogP contribution in [0.2, 0.25) is 0 Å². The van der Waals surface area contributed by atoms with E-state index < -0.39 is 11.4 Å². The minimum absolute atomic E-state index is 0.0114. The number of aromatic nitrogens is 2. The first-order valence-corrected chi connectivity index (χ1v) is 10.7. The van der Waals surface area contributed by atoms with E-state index in [1.807, 2.05) is 66.9 Å². The van der Waals surface area contributed by atoms with Gasteiger partial charge in [-0.25, -0.2) is 9.37 Å². The summed E-state index contributed by atoms with van der Waals surface area (Å²) in [5.74, 6) is 0.0456. The van der Waals surface area contributed by atoms with E-state index in [1.165, 1.54) is 12.1 Å². The summed E-state index contributed by atoms with van der Waals surface area (Å²) in [6.45, 7) is 0. The number of nitriles is 1. The molecule has 5 rings (SSSR count). The number of nitrogens with zero attached hydrogens (tertiary/aromatic N) is 3. The largest absolute Gasteiger partial charge is 0.312 e. The Morgan fingerprint density at radius 3 is 1.70 bits per heavy atom. The molecule has 3 nitrogen and oxygen atoms in total. The van der Waals surface area contributed by atoms with Gasteiger partial charge in [-0.15, -0.1) is 0 Å². The summed E-state index contributed by atoms with van der Waals surface area (Å²) in [7, 11) is 0. The van der Waals surface area contributed by atoms with E-state index in [0.717, 1.165) is 16.7 Å². The lowest BCUT2D eigenvalue weighted by Gasteiger charge is -2.38. The molecule has 0 spiro atoms. The van der Waals surface area contributed by atoms with Crippen LogP contribution in [0.1, 0.15) is 22.3 Å². The molecule has 0 fully saturated rings. The van der Waals surface area contributed by atoms with Crippen LogP contribution >= 0.6 is 0 Å². The van der Waals surface area contributed by atoms with Crippen LogP contribution in [0.5, 0.6) is 0 Å². The minimum Gasteiger partial charge on any atom is -0.312 e. The van der Waals surface area contributed by atoms with Gasteiger partial charge >= 0.3 is 0 Å². The van der Waals surface area contributed by atoms with Crippen molar-refractivity contribution in [1.82, 2.24) is 9.55 Å². The Labute approximate surface area is 192 Å². The lowest BCUT2D eigenvalue weighted by atomic mass is 9.76. The Kier molecular flexibility index (Phi) is 5.30. The summed E-state index contributed by atoms with van der Waals surface area (Å²) in [4.78, 5) is 4.64. The molecule has 33 heavy (non-hydrogen) atoms. The molecule has 158 valence electrons. The van der Waals surface area contributed by atoms with E-state index in [4.69, 9.17) is 5.26 Å². The summed E-state index contributed by atoms with van der Waals surface area (Å²) in [5.41, 5.74) is 3.02. The van der Waals surface area contributed by atoms with Gasteiger partial charge in [-0.1, -0.05) is 91.0 Å². The highest BCUT2D eigenvalue weighted by molar-refractivity contribution is 5.61. The molecule has 0 atom stereocenters. The summed E-state index contributed by atoms with van der Waals surface area (Å²) >= 11 is 0. The minimum atomic E-state index is -0.750. The maximum atomic E-state index is 14.6. The van der Waals surface area contributed by atoms with Gasteiger partial charge in [0.05, 0.1) is 5.56 Å². The van der Waals surface area contributed by atoms with Crippen LogP contribution in [0, 0.1) is 17.1 Å². The van der Waals surface area contributed by atoms with Gasteiger partial charge in [-0.2, -0.15) is 5.26 Å². The van der Waals surface area contributed by atoms with Crippen molar-refractivity contribution < 1.29 is 4.39 Å². The van der Waals surface area contributed by atoms with Crippen LogP contribution in [-0.2, 0) is 5.54 Å². The average molecular weight is 429 g/mol. The van der Waals surface area contributed by atoms with Gasteiger partial charge < -0.3 is 4.57 Å². The van der Waals surface area contributed by atoms with Crippen LogP contribution in [-0.4, -0.2) is 9.55 Å². The smallest absolute Gasteiger partial charge is 0.141 e. The molecule has 0 aliphatic heterocycles. The Hall–Kier alpha value is -4.49. The number of rotatable bonds is 5. The number of benzene rings is 4. The molecule has 0 aliphatic rings. The first kappa shape index (κ1) is 20.4. The molecule has 0 unspecified atom stereocenters. The Bertz CT molecular complexity index is 1320. The molecule has 4 aromatic carbocycles. The van der Waals surface area contributed by atoms with Crippen molar-refractivity contribution in [3.8, 4) is 17.5 Å². The van der Waals surface area contributed by atoms with Crippen LogP contribution < -0.4 is 0 Å². The third-order valence-electron chi connectivity index (χ3n) is 5.92. The molecule has 0 radical (unpaired) electrons. The highest BCUT2D eigenvalue weighted by Gasteiger charge is 2.39. The highest BCUT2D eigenvalue weighted by atomic mass is 19.1. The van der Waals surface area contributed by atoms with Gasteiger partial charge in [-0.05, 0) is 34.9 Å². The fraction of sp³-hybridized carbons (Fsp3) is 0.0345. The Balaban J connectivity index is 1.87. The van der Waals surface area contributed by atoms with Gasteiger partial charge in [0.1, 0.15) is 23.2 Å². The van der Waals surface area contributed by atoms with Gasteiger partial charge in [0.15, 0.2) is 0 Å². The van der Waals surface area contributed by atoms with Crippen molar-refractivity contribution in [1.29, 1.82) is 5.26 Å². The zero-order valence-corrected chi connectivity index (χ0v) is 17.8. The molecular formula is C29H20FN3. The maximum Gasteiger partial charge on any atom is 0.141 e. The normalized spacial score (nSPS) is 11.2. The summed E-state index contributed by atoms with van der Waals surface area (Å²) in [6, 6.07) is 37.2. The first-order valence-electron chi connectivity index (χ1n) is 10.7. The zero-order chi connectivity index (χ0) is 22.7. The average Bonchev–Trinajstić information content (AvgIpc) is 3.37. The molecule has 5 aromatic rings. The van der Waals surface area contributed by atoms with Crippen molar-refractivity contribution >= 4 is 0 Å². The first-order chi connectivity index (χ1) is 16.2. The molecule has 0 aliphatic carbocycles. The standard InChI is InChI=1S/C29H20FN3/c30-27-20-22(16-17-23(27)21-31)28-32-18-19-33(28)29(24-10-4-1-5-11-24,25-12-6-2-7-13-25)26-14-8-3-9-15-26/h1-20H. The van der Waals surface area contributed by atoms with E-state index in [0.29, 0.717) is 11.4 Å².